The lowest BCUT2D eigenvalue weighted by molar-refractivity contribution is -0.128. The number of hydrogen-bond acceptors (Lipinski definition) is 3. The van der Waals surface area contributed by atoms with Gasteiger partial charge in [0.15, 0.2) is 0 Å². The van der Waals surface area contributed by atoms with Gasteiger partial charge >= 0.3 is 0 Å². The monoisotopic (exact) mass is 398 g/mol. The summed E-state index contributed by atoms with van der Waals surface area (Å²) in [4.78, 5) is 17.0. The van der Waals surface area contributed by atoms with Crippen molar-refractivity contribution in [1.82, 2.24) is 4.90 Å². The second-order valence-corrected chi connectivity index (χ2v) is 7.54. The molecule has 0 saturated carbocycles. The van der Waals surface area contributed by atoms with E-state index in [0.29, 0.717) is 47.7 Å². The Labute approximate surface area is 160 Å². The highest BCUT2D eigenvalue weighted by molar-refractivity contribution is 8.00. The minimum Gasteiger partial charge on any atom is -0.366 e. The lowest BCUT2D eigenvalue weighted by Gasteiger charge is -2.36. The van der Waals surface area contributed by atoms with Crippen LogP contribution in [-0.2, 0) is 4.79 Å². The molecule has 0 radical (unpaired) electrons. The van der Waals surface area contributed by atoms with Crippen molar-refractivity contribution < 1.29 is 9.18 Å². The maximum atomic E-state index is 13.9. The topological polar surface area (TPSA) is 23.6 Å². The van der Waals surface area contributed by atoms with Gasteiger partial charge in [-0.05, 0) is 30.3 Å². The van der Waals surface area contributed by atoms with Crippen LogP contribution in [0.1, 0.15) is 0 Å². The Hall–Kier alpha value is -1.43. The Morgan fingerprint density at radius 1 is 1.08 bits per heavy atom. The summed E-state index contributed by atoms with van der Waals surface area (Å²) in [5.74, 6) is 0.127. The molecule has 1 aliphatic heterocycles. The molecule has 7 heteroatoms. The van der Waals surface area contributed by atoms with Crippen LogP contribution in [0.15, 0.2) is 47.4 Å². The number of para-hydroxylation sites is 1. The fourth-order valence-corrected chi connectivity index (χ4v) is 4.12. The van der Waals surface area contributed by atoms with Crippen LogP contribution in [-0.4, -0.2) is 42.7 Å². The number of nitrogens with zero attached hydrogens (tertiary/aromatic N) is 2. The normalized spacial score (nSPS) is 14.7. The molecule has 1 amide bonds. The van der Waals surface area contributed by atoms with E-state index < -0.39 is 0 Å². The summed E-state index contributed by atoms with van der Waals surface area (Å²) in [6.45, 7) is 2.40. The average molecular weight is 399 g/mol. The van der Waals surface area contributed by atoms with Crippen LogP contribution >= 0.6 is 35.0 Å². The van der Waals surface area contributed by atoms with E-state index >= 15 is 0 Å². The quantitative estimate of drug-likeness (QED) is 0.704. The number of benzene rings is 2. The van der Waals surface area contributed by atoms with E-state index in [4.69, 9.17) is 23.2 Å². The van der Waals surface area contributed by atoms with Gasteiger partial charge < -0.3 is 9.80 Å². The van der Waals surface area contributed by atoms with Gasteiger partial charge in [0.25, 0.3) is 0 Å². The number of carbonyl (C=O) groups is 1. The molecule has 2 aromatic carbocycles. The van der Waals surface area contributed by atoms with Crippen molar-refractivity contribution in [2.75, 3.05) is 36.8 Å². The van der Waals surface area contributed by atoms with Crippen LogP contribution in [0.2, 0.25) is 10.0 Å². The van der Waals surface area contributed by atoms with Gasteiger partial charge in [-0.25, -0.2) is 4.39 Å². The predicted molar refractivity (Wildman–Crippen MR) is 102 cm³/mol. The summed E-state index contributed by atoms with van der Waals surface area (Å²) >= 11 is 13.5. The summed E-state index contributed by atoms with van der Waals surface area (Å²) in [5.41, 5.74) is 0.592. The van der Waals surface area contributed by atoms with Crippen molar-refractivity contribution in [2.24, 2.45) is 0 Å². The molecule has 0 N–H and O–H groups in total. The van der Waals surface area contributed by atoms with Crippen LogP contribution in [0.5, 0.6) is 0 Å². The highest BCUT2D eigenvalue weighted by atomic mass is 35.5. The third-order valence-corrected chi connectivity index (χ3v) is 5.79. The smallest absolute Gasteiger partial charge is 0.233 e. The largest absolute Gasteiger partial charge is 0.366 e. The molecule has 25 heavy (non-hydrogen) atoms. The van der Waals surface area contributed by atoms with Crippen molar-refractivity contribution in [3.8, 4) is 0 Å². The Kier molecular flexibility index (Phi) is 6.10. The van der Waals surface area contributed by atoms with Gasteiger partial charge in [-0.15, -0.1) is 11.8 Å². The zero-order valence-corrected chi connectivity index (χ0v) is 15.8. The van der Waals surface area contributed by atoms with Crippen molar-refractivity contribution in [2.45, 2.75) is 4.90 Å². The summed E-state index contributed by atoms with van der Waals surface area (Å²) in [7, 11) is 0. The van der Waals surface area contributed by atoms with Crippen molar-refractivity contribution in [3.05, 3.63) is 58.3 Å². The molecule has 2 aromatic rings. The highest BCUT2D eigenvalue weighted by Crippen LogP contribution is 2.30. The minimum atomic E-state index is -0.228. The first kappa shape index (κ1) is 18.4. The molecule has 0 aromatic heterocycles. The SMILES string of the molecule is O=C(CSc1cc(Cl)ccc1Cl)N1CCN(c2ccccc2F)CC1. The molecule has 1 fully saturated rings. The van der Waals surface area contributed by atoms with Crippen LogP contribution in [0.4, 0.5) is 10.1 Å². The Balaban J connectivity index is 1.53. The maximum absolute atomic E-state index is 13.9. The predicted octanol–water partition coefficient (Wildman–Crippen LogP) is 4.57. The third-order valence-electron chi connectivity index (χ3n) is 4.07. The number of piperazine rings is 1. The highest BCUT2D eigenvalue weighted by Gasteiger charge is 2.22. The van der Waals surface area contributed by atoms with E-state index in [0.717, 1.165) is 4.90 Å². The van der Waals surface area contributed by atoms with E-state index in [1.165, 1.54) is 17.8 Å². The van der Waals surface area contributed by atoms with Crippen molar-refractivity contribution in [3.63, 3.8) is 0 Å². The van der Waals surface area contributed by atoms with E-state index in [2.05, 4.69) is 0 Å². The number of halogens is 3. The Morgan fingerprint density at radius 3 is 2.52 bits per heavy atom. The molecule has 0 atom stereocenters. The molecular weight excluding hydrogens is 382 g/mol. The van der Waals surface area contributed by atoms with Crippen molar-refractivity contribution in [1.29, 1.82) is 0 Å². The van der Waals surface area contributed by atoms with Crippen LogP contribution in [0.3, 0.4) is 0 Å². The molecule has 0 spiro atoms. The van der Waals surface area contributed by atoms with Crippen LogP contribution in [0, 0.1) is 5.82 Å². The van der Waals surface area contributed by atoms with Crippen molar-refractivity contribution >= 4 is 46.6 Å². The Bertz CT molecular complexity index is 766. The minimum absolute atomic E-state index is 0.0502. The third kappa shape index (κ3) is 4.60. The molecule has 1 saturated heterocycles. The zero-order chi connectivity index (χ0) is 17.8. The summed E-state index contributed by atoms with van der Waals surface area (Å²) in [5, 5.41) is 1.18. The molecule has 132 valence electrons. The fourth-order valence-electron chi connectivity index (χ4n) is 2.72. The van der Waals surface area contributed by atoms with Gasteiger partial charge in [0.2, 0.25) is 5.91 Å². The second-order valence-electron chi connectivity index (χ2n) is 5.68. The first-order valence-electron chi connectivity index (χ1n) is 7.89. The average Bonchev–Trinajstić information content (AvgIpc) is 2.63. The first-order chi connectivity index (χ1) is 12.0. The van der Waals surface area contributed by atoms with E-state index in [1.807, 2.05) is 15.9 Å². The van der Waals surface area contributed by atoms with Gasteiger partial charge in [-0.1, -0.05) is 35.3 Å². The maximum Gasteiger partial charge on any atom is 0.233 e. The molecule has 1 aliphatic rings. The molecule has 0 unspecified atom stereocenters. The fraction of sp³-hybridized carbons (Fsp3) is 0.278. The molecule has 1 heterocycles. The van der Waals surface area contributed by atoms with Gasteiger partial charge in [0.05, 0.1) is 16.5 Å². The second kappa shape index (κ2) is 8.30. The van der Waals surface area contributed by atoms with Gasteiger partial charge in [-0.2, -0.15) is 0 Å². The first-order valence-corrected chi connectivity index (χ1v) is 9.64. The number of carbonyl (C=O) groups excluding carboxylic acids is 1. The lowest BCUT2D eigenvalue weighted by Crippen LogP contribution is -2.49. The Morgan fingerprint density at radius 2 is 1.80 bits per heavy atom. The zero-order valence-electron chi connectivity index (χ0n) is 13.4. The van der Waals surface area contributed by atoms with E-state index in [1.54, 1.807) is 30.3 Å². The number of amides is 1. The summed E-state index contributed by atoms with van der Waals surface area (Å²) < 4.78 is 13.9. The molecular formula is C18H17Cl2FN2OS. The molecule has 3 rings (SSSR count). The van der Waals surface area contributed by atoms with E-state index in [9.17, 15) is 9.18 Å². The van der Waals surface area contributed by atoms with Gasteiger partial charge in [-0.3, -0.25) is 4.79 Å². The van der Waals surface area contributed by atoms with E-state index in [-0.39, 0.29) is 11.7 Å². The van der Waals surface area contributed by atoms with Crippen LogP contribution < -0.4 is 4.90 Å². The summed E-state index contributed by atoms with van der Waals surface area (Å²) in [6, 6.07) is 11.9. The summed E-state index contributed by atoms with van der Waals surface area (Å²) in [6.07, 6.45) is 0. The van der Waals surface area contributed by atoms with Gasteiger partial charge in [0.1, 0.15) is 5.82 Å². The molecule has 0 bridgehead atoms. The molecule has 0 aliphatic carbocycles. The number of anilines is 1. The number of hydrogen-bond donors (Lipinski definition) is 0. The number of thioether (sulfide) groups is 1. The standard InChI is InChI=1S/C18H17Cl2FN2OS/c19-13-5-6-14(20)17(11-13)25-12-18(24)23-9-7-22(8-10-23)16-4-2-1-3-15(16)21/h1-6,11H,7-10,12H2. The molecule has 3 nitrogen and oxygen atoms in total. The van der Waals surface area contributed by atoms with Crippen LogP contribution in [0.25, 0.3) is 0 Å². The number of rotatable bonds is 4. The lowest BCUT2D eigenvalue weighted by atomic mass is 10.2. The van der Waals surface area contributed by atoms with Gasteiger partial charge in [0, 0.05) is 36.1 Å².